The largest absolute Gasteiger partial charge is 0.348 e. The maximum absolute atomic E-state index is 4.55. The fourth-order valence-electron chi connectivity index (χ4n) is 2.11. The molecule has 4 heteroatoms. The van der Waals surface area contributed by atoms with Crippen LogP contribution in [0.4, 0.5) is 5.13 Å². The smallest absolute Gasteiger partial charge is 0.185 e. The standard InChI is InChI=1S/C13H23N3S/c1-10(2)14-7-11-8-15-12(17-11)16-6-5-13(3,4)9-16/h8,10,14H,5-7,9H2,1-4H3. The summed E-state index contributed by atoms with van der Waals surface area (Å²) < 4.78 is 0. The van der Waals surface area contributed by atoms with Gasteiger partial charge >= 0.3 is 0 Å². The minimum absolute atomic E-state index is 0.446. The highest BCUT2D eigenvalue weighted by Crippen LogP contribution is 2.34. The van der Waals surface area contributed by atoms with Gasteiger partial charge in [-0.2, -0.15) is 0 Å². The zero-order chi connectivity index (χ0) is 12.5. The molecule has 2 rings (SSSR count). The second-order valence-corrected chi connectivity index (χ2v) is 7.07. The molecule has 0 amide bonds. The molecule has 0 radical (unpaired) electrons. The molecule has 1 aliphatic rings. The summed E-state index contributed by atoms with van der Waals surface area (Å²) in [5.41, 5.74) is 0.446. The highest BCUT2D eigenvalue weighted by Gasteiger charge is 2.30. The van der Waals surface area contributed by atoms with Crippen LogP contribution in [-0.4, -0.2) is 24.1 Å². The van der Waals surface area contributed by atoms with E-state index < -0.39 is 0 Å². The molecule has 0 aliphatic carbocycles. The van der Waals surface area contributed by atoms with Crippen LogP contribution in [0.5, 0.6) is 0 Å². The summed E-state index contributed by atoms with van der Waals surface area (Å²) in [4.78, 5) is 8.30. The van der Waals surface area contributed by atoms with E-state index in [1.807, 2.05) is 17.5 Å². The van der Waals surface area contributed by atoms with Crippen molar-refractivity contribution in [1.82, 2.24) is 10.3 Å². The molecule has 2 heterocycles. The monoisotopic (exact) mass is 253 g/mol. The van der Waals surface area contributed by atoms with Crippen LogP contribution < -0.4 is 10.2 Å². The van der Waals surface area contributed by atoms with E-state index in [0.29, 0.717) is 11.5 Å². The molecule has 17 heavy (non-hydrogen) atoms. The summed E-state index contributed by atoms with van der Waals surface area (Å²) in [7, 11) is 0. The molecular weight excluding hydrogens is 230 g/mol. The van der Waals surface area contributed by atoms with Crippen molar-refractivity contribution in [3.05, 3.63) is 11.1 Å². The van der Waals surface area contributed by atoms with Crippen molar-refractivity contribution in [2.45, 2.75) is 46.7 Å². The van der Waals surface area contributed by atoms with Crippen molar-refractivity contribution < 1.29 is 0 Å². The molecule has 0 saturated carbocycles. The molecule has 0 spiro atoms. The van der Waals surface area contributed by atoms with Gasteiger partial charge in [-0.15, -0.1) is 11.3 Å². The second-order valence-electron chi connectivity index (χ2n) is 5.98. The lowest BCUT2D eigenvalue weighted by Gasteiger charge is -2.18. The summed E-state index contributed by atoms with van der Waals surface area (Å²) in [5, 5.41) is 4.62. The minimum Gasteiger partial charge on any atom is -0.348 e. The van der Waals surface area contributed by atoms with Gasteiger partial charge in [0.15, 0.2) is 5.13 Å². The highest BCUT2D eigenvalue weighted by atomic mass is 32.1. The first-order valence-corrected chi connectivity index (χ1v) is 7.21. The zero-order valence-corrected chi connectivity index (χ0v) is 12.1. The Morgan fingerprint density at radius 3 is 2.88 bits per heavy atom. The predicted octanol–water partition coefficient (Wildman–Crippen LogP) is 2.88. The Bertz CT molecular complexity index is 370. The lowest BCUT2D eigenvalue weighted by molar-refractivity contribution is 0.418. The molecule has 1 aromatic rings. The topological polar surface area (TPSA) is 28.2 Å². The Balaban J connectivity index is 1.94. The zero-order valence-electron chi connectivity index (χ0n) is 11.3. The van der Waals surface area contributed by atoms with Crippen molar-refractivity contribution in [3.8, 4) is 0 Å². The van der Waals surface area contributed by atoms with Crippen LogP contribution >= 0.6 is 11.3 Å². The van der Waals surface area contributed by atoms with Crippen LogP contribution in [0, 0.1) is 5.41 Å². The number of nitrogens with zero attached hydrogens (tertiary/aromatic N) is 2. The van der Waals surface area contributed by atoms with Crippen LogP contribution in [0.15, 0.2) is 6.20 Å². The summed E-state index contributed by atoms with van der Waals surface area (Å²) in [6.07, 6.45) is 3.28. The average Bonchev–Trinajstić information content (AvgIpc) is 2.81. The van der Waals surface area contributed by atoms with Crippen molar-refractivity contribution in [2.75, 3.05) is 18.0 Å². The normalized spacial score (nSPS) is 19.2. The molecule has 1 fully saturated rings. The van der Waals surface area contributed by atoms with E-state index in [2.05, 4.69) is 42.9 Å². The van der Waals surface area contributed by atoms with Crippen molar-refractivity contribution in [1.29, 1.82) is 0 Å². The number of hydrogen-bond acceptors (Lipinski definition) is 4. The quantitative estimate of drug-likeness (QED) is 0.894. The second kappa shape index (κ2) is 4.94. The average molecular weight is 253 g/mol. The molecule has 0 unspecified atom stereocenters. The molecular formula is C13H23N3S. The van der Waals surface area contributed by atoms with E-state index in [1.54, 1.807) is 0 Å². The van der Waals surface area contributed by atoms with E-state index in [0.717, 1.165) is 19.6 Å². The number of anilines is 1. The Kier molecular flexibility index (Phi) is 3.73. The van der Waals surface area contributed by atoms with Gasteiger partial charge < -0.3 is 10.2 Å². The first-order chi connectivity index (χ1) is 7.96. The van der Waals surface area contributed by atoms with Crippen LogP contribution in [-0.2, 0) is 6.54 Å². The molecule has 1 saturated heterocycles. The fraction of sp³-hybridized carbons (Fsp3) is 0.769. The fourth-order valence-corrected chi connectivity index (χ4v) is 2.99. The Morgan fingerprint density at radius 2 is 2.29 bits per heavy atom. The van der Waals surface area contributed by atoms with Gasteiger partial charge in [0, 0.05) is 36.8 Å². The van der Waals surface area contributed by atoms with Gasteiger partial charge in [-0.1, -0.05) is 27.7 Å². The first-order valence-electron chi connectivity index (χ1n) is 6.39. The number of nitrogens with one attached hydrogen (secondary N) is 1. The number of rotatable bonds is 4. The Morgan fingerprint density at radius 1 is 1.53 bits per heavy atom. The van der Waals surface area contributed by atoms with Gasteiger partial charge in [0.05, 0.1) is 0 Å². The lowest BCUT2D eigenvalue weighted by atomic mass is 9.93. The van der Waals surface area contributed by atoms with Gasteiger partial charge in [0.2, 0.25) is 0 Å². The van der Waals surface area contributed by atoms with Crippen LogP contribution in [0.25, 0.3) is 0 Å². The highest BCUT2D eigenvalue weighted by molar-refractivity contribution is 7.15. The molecule has 1 N–H and O–H groups in total. The minimum atomic E-state index is 0.446. The number of hydrogen-bond donors (Lipinski definition) is 1. The molecule has 0 aromatic carbocycles. The van der Waals surface area contributed by atoms with E-state index in [4.69, 9.17) is 0 Å². The number of thiazole rings is 1. The van der Waals surface area contributed by atoms with Crippen molar-refractivity contribution >= 4 is 16.5 Å². The van der Waals surface area contributed by atoms with E-state index in [9.17, 15) is 0 Å². The first kappa shape index (κ1) is 12.8. The molecule has 3 nitrogen and oxygen atoms in total. The number of aromatic nitrogens is 1. The van der Waals surface area contributed by atoms with E-state index in [-0.39, 0.29) is 0 Å². The summed E-state index contributed by atoms with van der Waals surface area (Å²) in [6.45, 7) is 12.2. The van der Waals surface area contributed by atoms with E-state index >= 15 is 0 Å². The van der Waals surface area contributed by atoms with Gasteiger partial charge in [0.25, 0.3) is 0 Å². The Labute approximate surface area is 108 Å². The maximum atomic E-state index is 4.55. The van der Waals surface area contributed by atoms with Gasteiger partial charge in [-0.25, -0.2) is 4.98 Å². The SMILES string of the molecule is CC(C)NCc1cnc(N2CCC(C)(C)C2)s1. The summed E-state index contributed by atoms with van der Waals surface area (Å²) in [6, 6.07) is 0.534. The van der Waals surface area contributed by atoms with Crippen molar-refractivity contribution in [3.63, 3.8) is 0 Å². The van der Waals surface area contributed by atoms with Gasteiger partial charge in [-0.3, -0.25) is 0 Å². The summed E-state index contributed by atoms with van der Waals surface area (Å²) >= 11 is 1.83. The molecule has 0 atom stereocenters. The van der Waals surface area contributed by atoms with Gasteiger partial charge in [-0.05, 0) is 11.8 Å². The Hall–Kier alpha value is -0.610. The molecule has 0 bridgehead atoms. The van der Waals surface area contributed by atoms with Crippen molar-refractivity contribution in [2.24, 2.45) is 5.41 Å². The summed E-state index contributed by atoms with van der Waals surface area (Å²) in [5.74, 6) is 0. The maximum Gasteiger partial charge on any atom is 0.185 e. The third-order valence-electron chi connectivity index (χ3n) is 3.17. The van der Waals surface area contributed by atoms with E-state index in [1.165, 1.54) is 16.4 Å². The molecule has 1 aromatic heterocycles. The third kappa shape index (κ3) is 3.42. The van der Waals surface area contributed by atoms with Crippen LogP contribution in [0.1, 0.15) is 39.0 Å². The third-order valence-corrected chi connectivity index (χ3v) is 4.23. The molecule has 96 valence electrons. The molecule has 1 aliphatic heterocycles. The van der Waals surface area contributed by atoms with Crippen LogP contribution in [0.3, 0.4) is 0 Å². The predicted molar refractivity (Wildman–Crippen MR) is 74.7 cm³/mol. The van der Waals surface area contributed by atoms with Gasteiger partial charge in [0.1, 0.15) is 0 Å². The van der Waals surface area contributed by atoms with Crippen LogP contribution in [0.2, 0.25) is 0 Å². The lowest BCUT2D eigenvalue weighted by Crippen LogP contribution is -2.22.